The molecule has 218 valence electrons. The fourth-order valence-electron chi connectivity index (χ4n) is 9.05. The lowest BCUT2D eigenvalue weighted by atomic mass is 9.68. The molecular formula is C39H62. The van der Waals surface area contributed by atoms with Gasteiger partial charge in [0, 0.05) is 0 Å². The second-order valence-electron chi connectivity index (χ2n) is 14.2. The predicted octanol–water partition coefficient (Wildman–Crippen LogP) is 12.2. The van der Waals surface area contributed by atoms with Gasteiger partial charge in [-0.25, -0.2) is 0 Å². The molecule has 0 atom stereocenters. The summed E-state index contributed by atoms with van der Waals surface area (Å²) in [5.74, 6) is 7.81. The SMILES string of the molecule is C/C=C/C1CCC(C2CCC(CCC)CC2)CC1.C=CC1CCC(C2CCC(c3ccc(C)cc3)CC2)CC1. The Morgan fingerprint density at radius 2 is 1.10 bits per heavy atom. The van der Waals surface area contributed by atoms with Gasteiger partial charge in [-0.15, -0.1) is 6.58 Å². The molecular weight excluding hydrogens is 468 g/mol. The van der Waals surface area contributed by atoms with Gasteiger partial charge in [-0.3, -0.25) is 0 Å². The van der Waals surface area contributed by atoms with Crippen LogP contribution < -0.4 is 0 Å². The summed E-state index contributed by atoms with van der Waals surface area (Å²) in [6, 6.07) is 9.27. The summed E-state index contributed by atoms with van der Waals surface area (Å²) in [5.41, 5.74) is 2.96. The van der Waals surface area contributed by atoms with Gasteiger partial charge in [0.1, 0.15) is 0 Å². The smallest absolute Gasteiger partial charge is 0.0162 e. The fraction of sp³-hybridized carbons (Fsp3) is 0.744. The highest BCUT2D eigenvalue weighted by molar-refractivity contribution is 5.24. The van der Waals surface area contributed by atoms with Crippen LogP contribution in [0.1, 0.15) is 146 Å². The molecule has 1 aromatic carbocycles. The molecule has 4 fully saturated rings. The van der Waals surface area contributed by atoms with Crippen molar-refractivity contribution in [2.75, 3.05) is 0 Å². The van der Waals surface area contributed by atoms with Crippen LogP contribution in [0.2, 0.25) is 0 Å². The molecule has 0 nitrogen and oxygen atoms in total. The van der Waals surface area contributed by atoms with Crippen molar-refractivity contribution < 1.29 is 0 Å². The van der Waals surface area contributed by atoms with E-state index in [4.69, 9.17) is 0 Å². The lowest BCUT2D eigenvalue weighted by Crippen LogP contribution is -2.25. The van der Waals surface area contributed by atoms with Crippen molar-refractivity contribution in [1.82, 2.24) is 0 Å². The molecule has 4 aliphatic carbocycles. The van der Waals surface area contributed by atoms with Gasteiger partial charge >= 0.3 is 0 Å². The number of hydrogen-bond donors (Lipinski definition) is 0. The standard InChI is InChI=1S/C21H30.C18H32/c1-3-17-6-10-19(11-7-17)21-14-12-20(13-15-21)18-8-4-16(2)5-9-18;1-3-5-15-7-11-17(12-8-15)18-13-9-16(6-4-2)10-14-18/h3-5,8-9,17,19-21H,1,6-7,10-15H2,2H3;3,5,15-18H,4,6-14H2,1-2H3/b;5-3+. The van der Waals surface area contributed by atoms with Crippen molar-refractivity contribution in [2.24, 2.45) is 41.4 Å². The molecule has 0 heteroatoms. The monoisotopic (exact) mass is 530 g/mol. The maximum Gasteiger partial charge on any atom is -0.0162 e. The molecule has 0 N–H and O–H groups in total. The third kappa shape index (κ3) is 9.36. The summed E-state index contributed by atoms with van der Waals surface area (Å²) in [6.07, 6.45) is 33.3. The number of allylic oxidation sites excluding steroid dienone is 3. The topological polar surface area (TPSA) is 0 Å². The van der Waals surface area contributed by atoms with Gasteiger partial charge in [0.2, 0.25) is 0 Å². The molecule has 4 aliphatic rings. The van der Waals surface area contributed by atoms with E-state index in [1.807, 2.05) is 0 Å². The van der Waals surface area contributed by atoms with Crippen molar-refractivity contribution in [1.29, 1.82) is 0 Å². The molecule has 0 saturated heterocycles. The first-order chi connectivity index (χ1) is 19.1. The molecule has 0 heterocycles. The molecule has 0 radical (unpaired) electrons. The average molecular weight is 531 g/mol. The van der Waals surface area contributed by atoms with Crippen molar-refractivity contribution >= 4 is 0 Å². The van der Waals surface area contributed by atoms with E-state index >= 15 is 0 Å². The Kier molecular flexibility index (Phi) is 12.7. The van der Waals surface area contributed by atoms with Gasteiger partial charge in [-0.1, -0.05) is 80.7 Å². The van der Waals surface area contributed by atoms with Gasteiger partial charge in [-0.2, -0.15) is 0 Å². The second-order valence-corrected chi connectivity index (χ2v) is 14.2. The van der Waals surface area contributed by atoms with Crippen LogP contribution in [0.4, 0.5) is 0 Å². The normalized spacial score (nSPS) is 35.7. The zero-order chi connectivity index (χ0) is 27.5. The van der Waals surface area contributed by atoms with Gasteiger partial charge in [0.05, 0.1) is 0 Å². The first kappa shape index (κ1) is 30.7. The number of benzene rings is 1. The molecule has 0 unspecified atom stereocenters. The Morgan fingerprint density at radius 1 is 0.641 bits per heavy atom. The fourth-order valence-corrected chi connectivity index (χ4v) is 9.05. The van der Waals surface area contributed by atoms with Crippen molar-refractivity contribution in [3.05, 3.63) is 60.2 Å². The Balaban J connectivity index is 0.000000183. The minimum absolute atomic E-state index is 0.810. The molecule has 0 aromatic heterocycles. The van der Waals surface area contributed by atoms with Crippen LogP contribution in [0.5, 0.6) is 0 Å². The molecule has 0 amide bonds. The van der Waals surface area contributed by atoms with Crippen LogP contribution in [0.25, 0.3) is 0 Å². The van der Waals surface area contributed by atoms with Gasteiger partial charge in [0.25, 0.3) is 0 Å². The van der Waals surface area contributed by atoms with Crippen LogP contribution >= 0.6 is 0 Å². The Hall–Kier alpha value is -1.30. The molecule has 0 bridgehead atoms. The Bertz CT molecular complexity index is 813. The first-order valence-electron chi connectivity index (χ1n) is 17.4. The van der Waals surface area contributed by atoms with E-state index in [2.05, 4.69) is 69.8 Å². The van der Waals surface area contributed by atoms with Crippen LogP contribution in [-0.4, -0.2) is 0 Å². The quantitative estimate of drug-likeness (QED) is 0.307. The Morgan fingerprint density at radius 3 is 1.56 bits per heavy atom. The van der Waals surface area contributed by atoms with Gasteiger partial charge < -0.3 is 0 Å². The average Bonchev–Trinajstić information content (AvgIpc) is 2.99. The lowest BCUT2D eigenvalue weighted by Gasteiger charge is -2.37. The largest absolute Gasteiger partial charge is 0.103 e. The summed E-state index contributed by atoms with van der Waals surface area (Å²) in [6.45, 7) is 10.7. The molecule has 5 rings (SSSR count). The zero-order valence-electron chi connectivity index (χ0n) is 26.1. The molecule has 4 saturated carbocycles. The van der Waals surface area contributed by atoms with E-state index < -0.39 is 0 Å². The van der Waals surface area contributed by atoms with E-state index in [1.165, 1.54) is 108 Å². The lowest BCUT2D eigenvalue weighted by molar-refractivity contribution is 0.152. The minimum Gasteiger partial charge on any atom is -0.103 e. The number of rotatable bonds is 7. The van der Waals surface area contributed by atoms with Gasteiger partial charge in [-0.05, 0) is 157 Å². The van der Waals surface area contributed by atoms with Crippen molar-refractivity contribution in [3.8, 4) is 0 Å². The highest BCUT2D eigenvalue weighted by Crippen LogP contribution is 2.44. The predicted molar refractivity (Wildman–Crippen MR) is 172 cm³/mol. The third-order valence-corrected chi connectivity index (χ3v) is 11.7. The maximum absolute atomic E-state index is 3.97. The molecule has 0 aliphatic heterocycles. The van der Waals surface area contributed by atoms with E-state index in [-0.39, 0.29) is 0 Å². The third-order valence-electron chi connectivity index (χ3n) is 11.7. The van der Waals surface area contributed by atoms with E-state index in [0.29, 0.717) is 0 Å². The van der Waals surface area contributed by atoms with Gasteiger partial charge in [0.15, 0.2) is 0 Å². The minimum atomic E-state index is 0.810. The van der Waals surface area contributed by atoms with E-state index in [9.17, 15) is 0 Å². The molecule has 0 spiro atoms. The summed E-state index contributed by atoms with van der Waals surface area (Å²) in [7, 11) is 0. The summed E-state index contributed by atoms with van der Waals surface area (Å²) in [5, 5.41) is 0. The zero-order valence-corrected chi connectivity index (χ0v) is 26.1. The van der Waals surface area contributed by atoms with E-state index in [0.717, 1.165) is 47.3 Å². The maximum atomic E-state index is 3.97. The van der Waals surface area contributed by atoms with Crippen LogP contribution in [0.15, 0.2) is 49.1 Å². The van der Waals surface area contributed by atoms with Crippen molar-refractivity contribution in [3.63, 3.8) is 0 Å². The van der Waals surface area contributed by atoms with E-state index in [1.54, 1.807) is 18.4 Å². The number of aryl methyl sites for hydroxylation is 1. The first-order valence-corrected chi connectivity index (χ1v) is 17.4. The van der Waals surface area contributed by atoms with Crippen molar-refractivity contribution in [2.45, 2.75) is 142 Å². The van der Waals surface area contributed by atoms with Crippen LogP contribution in [0, 0.1) is 48.3 Å². The summed E-state index contributed by atoms with van der Waals surface area (Å²) < 4.78 is 0. The highest BCUT2D eigenvalue weighted by atomic mass is 14.4. The Labute approximate surface area is 243 Å². The summed E-state index contributed by atoms with van der Waals surface area (Å²) >= 11 is 0. The highest BCUT2D eigenvalue weighted by Gasteiger charge is 2.31. The molecule has 1 aromatic rings. The van der Waals surface area contributed by atoms with Crippen LogP contribution in [-0.2, 0) is 0 Å². The second kappa shape index (κ2) is 16.2. The summed E-state index contributed by atoms with van der Waals surface area (Å²) in [4.78, 5) is 0. The van der Waals surface area contributed by atoms with Crippen LogP contribution in [0.3, 0.4) is 0 Å². The number of hydrogen-bond acceptors (Lipinski definition) is 0. The molecule has 39 heavy (non-hydrogen) atoms.